The molecular weight excluding hydrogens is 160 g/mol. The van der Waals surface area contributed by atoms with Gasteiger partial charge < -0.3 is 4.55 Å². The minimum absolute atomic E-state index is 0.424. The van der Waals surface area contributed by atoms with Crippen LogP contribution in [0.1, 0.15) is 11.1 Å². The summed E-state index contributed by atoms with van der Waals surface area (Å²) in [6.07, 6.45) is 0. The van der Waals surface area contributed by atoms with Gasteiger partial charge in [-0.2, -0.15) is 0 Å². The van der Waals surface area contributed by atoms with E-state index in [4.69, 9.17) is 0 Å². The summed E-state index contributed by atoms with van der Waals surface area (Å²) in [7, 11) is 0. The molecule has 0 N–H and O–H groups in total. The van der Waals surface area contributed by atoms with Crippen molar-refractivity contribution < 1.29 is 8.76 Å². The van der Waals surface area contributed by atoms with Crippen LogP contribution >= 0.6 is 0 Å². The minimum atomic E-state index is -2.10. The predicted octanol–water partition coefficient (Wildman–Crippen LogP) is 1.54. The van der Waals surface area contributed by atoms with Crippen molar-refractivity contribution in [2.45, 2.75) is 18.7 Å². The van der Waals surface area contributed by atoms with Crippen LogP contribution in [-0.2, 0) is 11.1 Å². The Labute approximate surface area is 68.5 Å². The lowest BCUT2D eigenvalue weighted by molar-refractivity contribution is 0.536. The summed E-state index contributed by atoms with van der Waals surface area (Å²) in [5.74, 6) is 0. The Hall–Kier alpha value is -0.670. The van der Waals surface area contributed by atoms with E-state index in [1.54, 1.807) is 26.0 Å². The van der Waals surface area contributed by atoms with Gasteiger partial charge in [-0.3, -0.25) is 4.21 Å². The van der Waals surface area contributed by atoms with Gasteiger partial charge >= 0.3 is 0 Å². The third kappa shape index (κ3) is 1.67. The van der Waals surface area contributed by atoms with E-state index in [1.165, 1.54) is 0 Å². The topological polar surface area (TPSA) is 40.1 Å². The Morgan fingerprint density at radius 2 is 1.73 bits per heavy atom. The van der Waals surface area contributed by atoms with Crippen LogP contribution < -0.4 is 0 Å². The zero-order valence-corrected chi connectivity index (χ0v) is 7.27. The van der Waals surface area contributed by atoms with E-state index in [-0.39, 0.29) is 0 Å². The fourth-order valence-corrected chi connectivity index (χ4v) is 1.72. The summed E-state index contributed by atoms with van der Waals surface area (Å²) in [5, 5.41) is 0. The molecule has 0 saturated heterocycles. The summed E-state index contributed by atoms with van der Waals surface area (Å²) in [5.41, 5.74) is 1.61. The molecule has 1 aromatic carbocycles. The van der Waals surface area contributed by atoms with Gasteiger partial charge in [0, 0.05) is 4.90 Å². The monoisotopic (exact) mass is 169 g/mol. The minimum Gasteiger partial charge on any atom is -0.768 e. The first-order valence-electron chi connectivity index (χ1n) is 3.28. The van der Waals surface area contributed by atoms with E-state index in [9.17, 15) is 8.76 Å². The van der Waals surface area contributed by atoms with E-state index < -0.39 is 11.1 Å². The largest absolute Gasteiger partial charge is 0.768 e. The average Bonchev–Trinajstić information content (AvgIpc) is 1.85. The van der Waals surface area contributed by atoms with Crippen molar-refractivity contribution in [1.82, 2.24) is 0 Å². The molecular formula is C8H9O2S-. The second-order valence-corrected chi connectivity index (χ2v) is 3.33. The van der Waals surface area contributed by atoms with Crippen molar-refractivity contribution in [3.05, 3.63) is 29.3 Å². The highest BCUT2D eigenvalue weighted by Crippen LogP contribution is 2.15. The zero-order chi connectivity index (χ0) is 8.43. The molecule has 0 spiro atoms. The second kappa shape index (κ2) is 3.15. The Balaban J connectivity index is 3.32. The summed E-state index contributed by atoms with van der Waals surface area (Å²) in [4.78, 5) is 0.424. The first kappa shape index (κ1) is 8.43. The van der Waals surface area contributed by atoms with Crippen LogP contribution in [-0.4, -0.2) is 8.76 Å². The van der Waals surface area contributed by atoms with Gasteiger partial charge in [0.2, 0.25) is 0 Å². The van der Waals surface area contributed by atoms with Crippen molar-refractivity contribution in [2.24, 2.45) is 0 Å². The Morgan fingerprint density at radius 3 is 2.00 bits per heavy atom. The van der Waals surface area contributed by atoms with Crippen LogP contribution in [0.2, 0.25) is 0 Å². The fourth-order valence-electron chi connectivity index (χ4n) is 1.06. The molecule has 0 saturated carbocycles. The summed E-state index contributed by atoms with van der Waals surface area (Å²) in [6, 6.07) is 5.43. The molecule has 11 heavy (non-hydrogen) atoms. The normalized spacial score (nSPS) is 13.0. The smallest absolute Gasteiger partial charge is 0.0307 e. The first-order chi connectivity index (χ1) is 5.13. The van der Waals surface area contributed by atoms with Gasteiger partial charge in [-0.1, -0.05) is 18.2 Å². The van der Waals surface area contributed by atoms with Gasteiger partial charge in [0.1, 0.15) is 0 Å². The SMILES string of the molecule is Cc1cccc(C)c1S(=O)[O-]. The molecule has 1 atom stereocenters. The lowest BCUT2D eigenvalue weighted by atomic mass is 10.2. The fraction of sp³-hybridized carbons (Fsp3) is 0.250. The third-order valence-corrected chi connectivity index (χ3v) is 2.55. The van der Waals surface area contributed by atoms with Crippen LogP contribution in [0.25, 0.3) is 0 Å². The van der Waals surface area contributed by atoms with Gasteiger partial charge in [-0.25, -0.2) is 0 Å². The first-order valence-corrected chi connectivity index (χ1v) is 4.36. The maximum atomic E-state index is 10.6. The summed E-state index contributed by atoms with van der Waals surface area (Å²) in [6.45, 7) is 3.58. The van der Waals surface area contributed by atoms with Crippen molar-refractivity contribution in [1.29, 1.82) is 0 Å². The van der Waals surface area contributed by atoms with Crippen LogP contribution in [0.5, 0.6) is 0 Å². The van der Waals surface area contributed by atoms with Crippen molar-refractivity contribution in [3.63, 3.8) is 0 Å². The quantitative estimate of drug-likeness (QED) is 0.598. The molecule has 1 rings (SSSR count). The molecule has 0 fully saturated rings. The second-order valence-electron chi connectivity index (χ2n) is 2.46. The average molecular weight is 169 g/mol. The molecule has 0 aliphatic heterocycles. The Kier molecular flexibility index (Phi) is 2.42. The molecule has 0 radical (unpaired) electrons. The molecule has 2 nitrogen and oxygen atoms in total. The lowest BCUT2D eigenvalue weighted by Gasteiger charge is -2.11. The van der Waals surface area contributed by atoms with E-state index >= 15 is 0 Å². The molecule has 1 aromatic rings. The molecule has 0 heterocycles. The van der Waals surface area contributed by atoms with E-state index in [2.05, 4.69) is 0 Å². The van der Waals surface area contributed by atoms with Crippen LogP contribution in [0.15, 0.2) is 23.1 Å². The van der Waals surface area contributed by atoms with E-state index in [0.717, 1.165) is 11.1 Å². The van der Waals surface area contributed by atoms with Crippen LogP contribution in [0.3, 0.4) is 0 Å². The third-order valence-electron chi connectivity index (χ3n) is 1.58. The maximum absolute atomic E-state index is 10.6. The van der Waals surface area contributed by atoms with Gasteiger partial charge in [0.15, 0.2) is 0 Å². The molecule has 60 valence electrons. The molecule has 1 unspecified atom stereocenters. The number of benzene rings is 1. The highest BCUT2D eigenvalue weighted by Gasteiger charge is 2.00. The number of rotatable bonds is 1. The summed E-state index contributed by atoms with van der Waals surface area (Å²) >= 11 is -2.10. The van der Waals surface area contributed by atoms with Crippen molar-refractivity contribution >= 4 is 11.1 Å². The van der Waals surface area contributed by atoms with Crippen LogP contribution in [0.4, 0.5) is 0 Å². The molecule has 0 aliphatic rings. The van der Waals surface area contributed by atoms with Crippen molar-refractivity contribution in [2.75, 3.05) is 0 Å². The van der Waals surface area contributed by atoms with Gasteiger partial charge in [0.25, 0.3) is 0 Å². The van der Waals surface area contributed by atoms with E-state index in [0.29, 0.717) is 4.90 Å². The highest BCUT2D eigenvalue weighted by atomic mass is 32.2. The standard InChI is InChI=1S/C8H10O2S/c1-6-4-3-5-7(2)8(6)11(9)10/h3-5H,1-2H3,(H,9,10)/p-1. The van der Waals surface area contributed by atoms with Gasteiger partial charge in [-0.15, -0.1) is 0 Å². The molecule has 0 aliphatic carbocycles. The highest BCUT2D eigenvalue weighted by molar-refractivity contribution is 7.79. The Bertz CT molecular complexity index is 274. The molecule has 0 bridgehead atoms. The lowest BCUT2D eigenvalue weighted by Crippen LogP contribution is -1.95. The zero-order valence-electron chi connectivity index (χ0n) is 6.46. The molecule has 0 aromatic heterocycles. The van der Waals surface area contributed by atoms with Crippen LogP contribution in [0, 0.1) is 13.8 Å². The predicted molar refractivity (Wildman–Crippen MR) is 43.1 cm³/mol. The summed E-state index contributed by atoms with van der Waals surface area (Å²) < 4.78 is 21.3. The maximum Gasteiger partial charge on any atom is 0.0307 e. The van der Waals surface area contributed by atoms with Crippen molar-refractivity contribution in [3.8, 4) is 0 Å². The van der Waals surface area contributed by atoms with Gasteiger partial charge in [0.05, 0.1) is 0 Å². The van der Waals surface area contributed by atoms with E-state index in [1.807, 2.05) is 6.07 Å². The molecule has 3 heteroatoms. The number of aryl methyl sites for hydroxylation is 2. The molecule has 0 amide bonds. The van der Waals surface area contributed by atoms with Gasteiger partial charge in [-0.05, 0) is 36.1 Å². The Morgan fingerprint density at radius 1 is 1.27 bits per heavy atom. The number of hydrogen-bond donors (Lipinski definition) is 0. The number of hydrogen-bond acceptors (Lipinski definition) is 2.